The summed E-state index contributed by atoms with van der Waals surface area (Å²) in [7, 11) is 0. The number of carbonyl (C=O) groups excluding carboxylic acids is 1. The Hall–Kier alpha value is -3.93. The summed E-state index contributed by atoms with van der Waals surface area (Å²) in [5.74, 6) is 0.385. The number of hydrogen-bond donors (Lipinski definition) is 1. The number of benzene rings is 3. The summed E-state index contributed by atoms with van der Waals surface area (Å²) in [5.41, 5.74) is 2.91. The van der Waals surface area contributed by atoms with Crippen molar-refractivity contribution >= 4 is 23.4 Å². The molecule has 0 aliphatic heterocycles. The Labute approximate surface area is 168 Å². The first-order valence-corrected chi connectivity index (χ1v) is 9.02. The van der Waals surface area contributed by atoms with E-state index in [1.54, 1.807) is 19.1 Å². The van der Waals surface area contributed by atoms with E-state index in [1.165, 1.54) is 18.2 Å². The number of aryl methyl sites for hydroxylation is 1. The molecule has 0 aliphatic rings. The van der Waals surface area contributed by atoms with Crippen LogP contribution in [0.5, 0.6) is 5.75 Å². The van der Waals surface area contributed by atoms with Crippen molar-refractivity contribution < 1.29 is 14.5 Å². The van der Waals surface area contributed by atoms with Crippen LogP contribution in [0.1, 0.15) is 16.7 Å². The quantitative estimate of drug-likeness (QED) is 0.345. The van der Waals surface area contributed by atoms with Gasteiger partial charge in [0.15, 0.2) is 0 Å². The Balaban J connectivity index is 1.60. The Morgan fingerprint density at radius 3 is 2.59 bits per heavy atom. The van der Waals surface area contributed by atoms with Crippen molar-refractivity contribution in [3.8, 4) is 5.75 Å². The van der Waals surface area contributed by atoms with Gasteiger partial charge >= 0.3 is 0 Å². The minimum atomic E-state index is -0.451. The lowest BCUT2D eigenvalue weighted by Crippen LogP contribution is -2.08. The maximum Gasteiger partial charge on any atom is 0.272 e. The molecule has 0 atom stereocenters. The number of nitrogens with zero attached hydrogens (tertiary/aromatic N) is 1. The molecule has 3 aromatic carbocycles. The maximum absolute atomic E-state index is 12.1. The zero-order chi connectivity index (χ0) is 20.6. The van der Waals surface area contributed by atoms with E-state index >= 15 is 0 Å². The van der Waals surface area contributed by atoms with Crippen molar-refractivity contribution in [1.29, 1.82) is 0 Å². The van der Waals surface area contributed by atoms with Crippen LogP contribution in [-0.2, 0) is 11.4 Å². The molecule has 0 aromatic heterocycles. The fraction of sp³-hybridized carbons (Fsp3) is 0.0870. The number of nitro groups is 1. The second kappa shape index (κ2) is 9.32. The van der Waals surface area contributed by atoms with Crippen molar-refractivity contribution in [3.05, 3.63) is 106 Å². The van der Waals surface area contributed by atoms with Crippen LogP contribution in [0.25, 0.3) is 6.08 Å². The Morgan fingerprint density at radius 2 is 1.86 bits per heavy atom. The zero-order valence-corrected chi connectivity index (χ0v) is 15.9. The van der Waals surface area contributed by atoms with E-state index in [-0.39, 0.29) is 11.6 Å². The Bertz CT molecular complexity index is 1050. The molecule has 0 fully saturated rings. The van der Waals surface area contributed by atoms with E-state index in [9.17, 15) is 14.9 Å². The third kappa shape index (κ3) is 5.77. The Morgan fingerprint density at radius 1 is 1.07 bits per heavy atom. The lowest BCUT2D eigenvalue weighted by Gasteiger charge is -2.07. The van der Waals surface area contributed by atoms with Crippen LogP contribution in [0.2, 0.25) is 0 Å². The van der Waals surface area contributed by atoms with E-state index in [2.05, 4.69) is 5.32 Å². The fourth-order valence-electron chi connectivity index (χ4n) is 2.74. The van der Waals surface area contributed by atoms with E-state index in [0.29, 0.717) is 23.6 Å². The topological polar surface area (TPSA) is 81.5 Å². The molecule has 0 heterocycles. The van der Waals surface area contributed by atoms with Crippen molar-refractivity contribution in [2.45, 2.75) is 13.5 Å². The van der Waals surface area contributed by atoms with E-state index in [0.717, 1.165) is 11.1 Å². The van der Waals surface area contributed by atoms with Gasteiger partial charge in [0.05, 0.1) is 4.92 Å². The summed E-state index contributed by atoms with van der Waals surface area (Å²) in [6.07, 6.45) is 3.09. The van der Waals surface area contributed by atoms with E-state index in [4.69, 9.17) is 4.74 Å². The predicted octanol–water partition coefficient (Wildman–Crippen LogP) is 5.13. The molecule has 1 amide bonds. The van der Waals surface area contributed by atoms with Crippen LogP contribution in [0, 0.1) is 17.0 Å². The molecule has 0 aliphatic carbocycles. The monoisotopic (exact) mass is 388 g/mol. The van der Waals surface area contributed by atoms with Gasteiger partial charge in [-0.2, -0.15) is 0 Å². The average molecular weight is 388 g/mol. The largest absolute Gasteiger partial charge is 0.489 e. The third-order valence-corrected chi connectivity index (χ3v) is 4.19. The molecular weight excluding hydrogens is 368 g/mol. The molecule has 29 heavy (non-hydrogen) atoms. The summed E-state index contributed by atoms with van der Waals surface area (Å²) in [6, 6.07) is 21.8. The second-order valence-electron chi connectivity index (χ2n) is 6.43. The van der Waals surface area contributed by atoms with Gasteiger partial charge in [0, 0.05) is 23.4 Å². The van der Waals surface area contributed by atoms with Gasteiger partial charge in [0.1, 0.15) is 12.4 Å². The molecule has 0 unspecified atom stereocenters. The molecule has 0 bridgehead atoms. The lowest BCUT2D eigenvalue weighted by molar-refractivity contribution is -0.385. The first kappa shape index (κ1) is 19.8. The number of carbonyl (C=O) groups is 1. The first-order chi connectivity index (χ1) is 14.0. The van der Waals surface area contributed by atoms with Gasteiger partial charge in [0.25, 0.3) is 5.69 Å². The Kier molecular flexibility index (Phi) is 6.37. The highest BCUT2D eigenvalue weighted by atomic mass is 16.6. The van der Waals surface area contributed by atoms with Crippen LogP contribution in [0.3, 0.4) is 0 Å². The van der Waals surface area contributed by atoms with Crippen molar-refractivity contribution in [3.63, 3.8) is 0 Å². The number of ether oxygens (including phenoxy) is 1. The van der Waals surface area contributed by atoms with Crippen LogP contribution in [0.15, 0.2) is 78.9 Å². The third-order valence-electron chi connectivity index (χ3n) is 4.19. The molecule has 0 saturated carbocycles. The maximum atomic E-state index is 12.1. The number of anilines is 1. The van der Waals surface area contributed by atoms with Crippen LogP contribution in [-0.4, -0.2) is 10.8 Å². The second-order valence-corrected chi connectivity index (χ2v) is 6.43. The first-order valence-electron chi connectivity index (χ1n) is 9.02. The number of nitrogens with one attached hydrogen (secondary N) is 1. The number of rotatable bonds is 7. The average Bonchev–Trinajstić information content (AvgIpc) is 2.72. The smallest absolute Gasteiger partial charge is 0.272 e. The standard InChI is InChI=1S/C23H20N2O4/c1-17-14-20(11-12-22(17)25(27)28)24-23(26)13-10-18-8-5-9-21(15-18)29-16-19-6-3-2-4-7-19/h2-15H,16H2,1H3,(H,24,26)/b13-10+. The molecule has 6 nitrogen and oxygen atoms in total. The van der Waals surface area contributed by atoms with Gasteiger partial charge in [0.2, 0.25) is 5.91 Å². The molecule has 0 saturated heterocycles. The van der Waals surface area contributed by atoms with Crippen molar-refractivity contribution in [2.24, 2.45) is 0 Å². The molecule has 3 rings (SSSR count). The number of amides is 1. The highest BCUT2D eigenvalue weighted by molar-refractivity contribution is 6.02. The van der Waals surface area contributed by atoms with Gasteiger partial charge in [-0.25, -0.2) is 0 Å². The zero-order valence-electron chi connectivity index (χ0n) is 15.9. The molecule has 0 radical (unpaired) electrons. The van der Waals surface area contributed by atoms with Crippen molar-refractivity contribution in [1.82, 2.24) is 0 Å². The van der Waals surface area contributed by atoms with E-state index in [1.807, 2.05) is 54.6 Å². The number of hydrogen-bond acceptors (Lipinski definition) is 4. The fourth-order valence-corrected chi connectivity index (χ4v) is 2.74. The molecule has 6 heteroatoms. The van der Waals surface area contributed by atoms with Crippen LogP contribution < -0.4 is 10.1 Å². The highest BCUT2D eigenvalue weighted by Gasteiger charge is 2.10. The normalized spacial score (nSPS) is 10.7. The summed E-state index contributed by atoms with van der Waals surface area (Å²) >= 11 is 0. The summed E-state index contributed by atoms with van der Waals surface area (Å²) in [6.45, 7) is 2.10. The minimum absolute atomic E-state index is 0.0193. The van der Waals surface area contributed by atoms with Gasteiger partial charge in [-0.15, -0.1) is 0 Å². The van der Waals surface area contributed by atoms with Gasteiger partial charge < -0.3 is 10.1 Å². The summed E-state index contributed by atoms with van der Waals surface area (Å²) < 4.78 is 5.79. The number of nitro benzene ring substituents is 1. The molecule has 3 aromatic rings. The van der Waals surface area contributed by atoms with E-state index < -0.39 is 4.92 Å². The van der Waals surface area contributed by atoms with Crippen LogP contribution >= 0.6 is 0 Å². The summed E-state index contributed by atoms with van der Waals surface area (Å²) in [4.78, 5) is 22.6. The molecular formula is C23H20N2O4. The molecule has 146 valence electrons. The summed E-state index contributed by atoms with van der Waals surface area (Å²) in [5, 5.41) is 13.6. The molecule has 0 spiro atoms. The predicted molar refractivity (Wildman–Crippen MR) is 113 cm³/mol. The minimum Gasteiger partial charge on any atom is -0.489 e. The van der Waals surface area contributed by atoms with Gasteiger partial charge in [-0.05, 0) is 48.4 Å². The lowest BCUT2D eigenvalue weighted by atomic mass is 10.1. The van der Waals surface area contributed by atoms with Crippen molar-refractivity contribution in [2.75, 3.05) is 5.32 Å². The van der Waals surface area contributed by atoms with Gasteiger partial charge in [-0.1, -0.05) is 42.5 Å². The highest BCUT2D eigenvalue weighted by Crippen LogP contribution is 2.21. The molecule has 1 N–H and O–H groups in total. The SMILES string of the molecule is Cc1cc(NC(=O)/C=C/c2cccc(OCc3ccccc3)c2)ccc1[N+](=O)[O-]. The van der Waals surface area contributed by atoms with Crippen LogP contribution in [0.4, 0.5) is 11.4 Å². The van der Waals surface area contributed by atoms with Gasteiger partial charge in [-0.3, -0.25) is 14.9 Å².